The number of rotatable bonds is 4. The Morgan fingerprint density at radius 2 is 2.14 bits per heavy atom. The van der Waals surface area contributed by atoms with Crippen LogP contribution in [0.25, 0.3) is 0 Å². The van der Waals surface area contributed by atoms with Gasteiger partial charge in [0.1, 0.15) is 5.76 Å². The normalized spacial score (nSPS) is 19.2. The fourth-order valence-corrected chi connectivity index (χ4v) is 3.47. The summed E-state index contributed by atoms with van der Waals surface area (Å²) in [5.74, 6) is 0.516. The van der Waals surface area contributed by atoms with Crippen LogP contribution in [0.1, 0.15) is 42.7 Å². The quantitative estimate of drug-likeness (QED) is 0.851. The summed E-state index contributed by atoms with van der Waals surface area (Å²) in [5, 5.41) is 18.7. The van der Waals surface area contributed by atoms with Gasteiger partial charge < -0.3 is 15.2 Å². The lowest BCUT2D eigenvalue weighted by Crippen LogP contribution is -2.49. The van der Waals surface area contributed by atoms with Gasteiger partial charge in [-0.05, 0) is 44.4 Å². The Morgan fingerprint density at radius 3 is 2.79 bits per heavy atom. The van der Waals surface area contributed by atoms with E-state index in [2.05, 4.69) is 21.9 Å². The molecule has 0 unspecified atom stereocenters. The summed E-state index contributed by atoms with van der Waals surface area (Å²) >= 11 is 0. The number of amides is 3. The molecular weight excluding hydrogens is 358 g/mol. The van der Waals surface area contributed by atoms with E-state index in [0.717, 1.165) is 12.8 Å². The first kappa shape index (κ1) is 17.8. The molecule has 2 aromatic rings. The van der Waals surface area contributed by atoms with Gasteiger partial charge in [0.15, 0.2) is 5.82 Å². The summed E-state index contributed by atoms with van der Waals surface area (Å²) in [4.78, 5) is 27.5. The van der Waals surface area contributed by atoms with Gasteiger partial charge in [0.2, 0.25) is 0 Å². The highest BCUT2D eigenvalue weighted by molar-refractivity contribution is 6.06. The second-order valence-corrected chi connectivity index (χ2v) is 7.00. The third-order valence-corrected chi connectivity index (χ3v) is 4.90. The Bertz CT molecular complexity index is 1030. The molecule has 2 aliphatic rings. The smallest absolute Gasteiger partial charge is 0.322 e. The van der Waals surface area contributed by atoms with Crippen LogP contribution in [0, 0.1) is 18.3 Å². The van der Waals surface area contributed by atoms with Gasteiger partial charge in [-0.1, -0.05) is 17.3 Å². The minimum Gasteiger partial charge on any atom is -0.360 e. The number of nitrogens with zero attached hydrogens (tertiary/aromatic N) is 3. The van der Waals surface area contributed by atoms with Gasteiger partial charge in [0.05, 0.1) is 23.2 Å². The number of aromatic nitrogens is 1. The van der Waals surface area contributed by atoms with Crippen LogP contribution in [-0.4, -0.2) is 28.0 Å². The summed E-state index contributed by atoms with van der Waals surface area (Å²) in [6.07, 6.45) is 1.83. The molecule has 3 amide bonds. The molecule has 8 nitrogen and oxygen atoms in total. The molecule has 0 saturated heterocycles. The highest BCUT2D eigenvalue weighted by atomic mass is 16.5. The van der Waals surface area contributed by atoms with Crippen LogP contribution in [0.3, 0.4) is 0 Å². The van der Waals surface area contributed by atoms with Crippen molar-refractivity contribution >= 4 is 17.8 Å². The number of allylic oxidation sites excluding steroid dienone is 1. The van der Waals surface area contributed by atoms with E-state index in [1.807, 2.05) is 0 Å². The highest BCUT2D eigenvalue weighted by Gasteiger charge is 2.42. The molecule has 1 atom stereocenters. The van der Waals surface area contributed by atoms with E-state index < -0.39 is 6.04 Å². The van der Waals surface area contributed by atoms with E-state index in [1.165, 1.54) is 0 Å². The van der Waals surface area contributed by atoms with Gasteiger partial charge in [-0.15, -0.1) is 0 Å². The lowest BCUT2D eigenvalue weighted by Gasteiger charge is -2.35. The monoisotopic (exact) mass is 377 g/mol. The first-order valence-corrected chi connectivity index (χ1v) is 9.03. The number of nitrogens with one attached hydrogen (secondary N) is 2. The van der Waals surface area contributed by atoms with Crippen LogP contribution in [0.15, 0.2) is 46.1 Å². The number of nitriles is 1. The average Bonchev–Trinajstić information content (AvgIpc) is 3.42. The number of carbonyl (C=O) groups is 2. The Balaban J connectivity index is 1.75. The van der Waals surface area contributed by atoms with Crippen molar-refractivity contribution in [2.24, 2.45) is 0 Å². The average molecular weight is 377 g/mol. The molecule has 2 N–H and O–H groups in total. The molecule has 0 spiro atoms. The van der Waals surface area contributed by atoms with Gasteiger partial charge in [-0.3, -0.25) is 9.69 Å². The lowest BCUT2D eigenvalue weighted by atomic mass is 9.93. The Hall–Kier alpha value is -3.60. The summed E-state index contributed by atoms with van der Waals surface area (Å²) in [6.45, 7) is 3.51. The molecule has 1 aliphatic carbocycles. The Labute approximate surface area is 161 Å². The van der Waals surface area contributed by atoms with Crippen molar-refractivity contribution in [3.8, 4) is 6.07 Å². The van der Waals surface area contributed by atoms with E-state index in [4.69, 9.17) is 4.52 Å². The SMILES string of the molecule is CC1=C(C(=O)Nc2cc(C)on2)[C@@H](c2cccc(C#N)c2)NC(=O)N1C1CC1. The molecule has 0 radical (unpaired) electrons. The van der Waals surface area contributed by atoms with Gasteiger partial charge in [0.25, 0.3) is 5.91 Å². The van der Waals surface area contributed by atoms with Crippen molar-refractivity contribution in [1.29, 1.82) is 5.26 Å². The van der Waals surface area contributed by atoms with Gasteiger partial charge in [-0.25, -0.2) is 4.79 Å². The van der Waals surface area contributed by atoms with Crippen LogP contribution in [0.2, 0.25) is 0 Å². The molecule has 1 aromatic heterocycles. The molecule has 1 saturated carbocycles. The van der Waals surface area contributed by atoms with Crippen LogP contribution >= 0.6 is 0 Å². The van der Waals surface area contributed by atoms with Crippen molar-refractivity contribution < 1.29 is 14.1 Å². The van der Waals surface area contributed by atoms with Crippen LogP contribution in [-0.2, 0) is 4.79 Å². The van der Waals surface area contributed by atoms with Crippen LogP contribution < -0.4 is 10.6 Å². The second kappa shape index (κ2) is 6.85. The fourth-order valence-electron chi connectivity index (χ4n) is 3.47. The Kier molecular flexibility index (Phi) is 4.35. The summed E-state index contributed by atoms with van der Waals surface area (Å²) in [7, 11) is 0. The van der Waals surface area contributed by atoms with Gasteiger partial charge >= 0.3 is 6.03 Å². The van der Waals surface area contributed by atoms with Crippen LogP contribution in [0.4, 0.5) is 10.6 Å². The standard InChI is InChI=1S/C20H19N5O3/c1-11-8-16(24-28-11)22-19(26)17-12(2)25(15-6-7-15)20(27)23-18(17)14-5-3-4-13(9-14)10-21/h3-5,8-9,15,18H,6-7H2,1-2H3,(H,23,27)(H,22,24,26)/t18-/m1/s1. The summed E-state index contributed by atoms with van der Waals surface area (Å²) in [6, 6.07) is 9.82. The first-order valence-electron chi connectivity index (χ1n) is 9.03. The number of benzene rings is 1. The molecule has 1 aliphatic heterocycles. The molecular formula is C20H19N5O3. The van der Waals surface area contributed by atoms with Crippen molar-refractivity contribution in [2.75, 3.05) is 5.32 Å². The van der Waals surface area contributed by atoms with E-state index >= 15 is 0 Å². The van der Waals surface area contributed by atoms with Crippen molar-refractivity contribution in [1.82, 2.24) is 15.4 Å². The summed E-state index contributed by atoms with van der Waals surface area (Å²) < 4.78 is 5.01. The maximum absolute atomic E-state index is 13.1. The first-order chi connectivity index (χ1) is 13.5. The molecule has 2 heterocycles. The minimum absolute atomic E-state index is 0.114. The van der Waals surface area contributed by atoms with Gasteiger partial charge in [-0.2, -0.15) is 5.26 Å². The van der Waals surface area contributed by atoms with Crippen molar-refractivity contribution in [3.63, 3.8) is 0 Å². The highest BCUT2D eigenvalue weighted by Crippen LogP contribution is 2.38. The van der Waals surface area contributed by atoms with E-state index in [9.17, 15) is 14.9 Å². The third-order valence-electron chi connectivity index (χ3n) is 4.90. The number of carbonyl (C=O) groups excluding carboxylic acids is 2. The predicted molar refractivity (Wildman–Crippen MR) is 99.9 cm³/mol. The maximum atomic E-state index is 13.1. The van der Waals surface area contributed by atoms with Crippen molar-refractivity contribution in [2.45, 2.75) is 38.8 Å². The van der Waals surface area contributed by atoms with Crippen LogP contribution in [0.5, 0.6) is 0 Å². The topological polar surface area (TPSA) is 111 Å². The minimum atomic E-state index is -0.663. The van der Waals surface area contributed by atoms with E-state index in [-0.39, 0.29) is 18.0 Å². The zero-order valence-electron chi connectivity index (χ0n) is 15.5. The predicted octanol–water partition coefficient (Wildman–Crippen LogP) is 3.00. The largest absolute Gasteiger partial charge is 0.360 e. The third kappa shape index (κ3) is 3.22. The maximum Gasteiger partial charge on any atom is 0.322 e. The molecule has 8 heteroatoms. The molecule has 1 aromatic carbocycles. The number of hydrogen-bond donors (Lipinski definition) is 2. The van der Waals surface area contributed by atoms with E-state index in [0.29, 0.717) is 34.0 Å². The molecule has 1 fully saturated rings. The molecule has 28 heavy (non-hydrogen) atoms. The molecule has 0 bridgehead atoms. The number of anilines is 1. The number of hydrogen-bond acceptors (Lipinski definition) is 5. The zero-order chi connectivity index (χ0) is 19.8. The second-order valence-electron chi connectivity index (χ2n) is 7.00. The van der Waals surface area contributed by atoms with Gasteiger partial charge in [0, 0.05) is 17.8 Å². The van der Waals surface area contributed by atoms with E-state index in [1.54, 1.807) is 49.1 Å². The summed E-state index contributed by atoms with van der Waals surface area (Å²) in [5.41, 5.74) is 2.16. The number of aryl methyl sites for hydroxylation is 1. The molecule has 142 valence electrons. The zero-order valence-corrected chi connectivity index (χ0v) is 15.5. The lowest BCUT2D eigenvalue weighted by molar-refractivity contribution is -0.113. The Morgan fingerprint density at radius 1 is 1.36 bits per heavy atom. The fraction of sp³-hybridized carbons (Fsp3) is 0.300. The molecule has 4 rings (SSSR count). The van der Waals surface area contributed by atoms with Crippen molar-refractivity contribution in [3.05, 3.63) is 58.5 Å². The number of urea groups is 1.